The molecule has 0 spiro atoms. The van der Waals surface area contributed by atoms with E-state index in [-0.39, 0.29) is 5.92 Å². The van der Waals surface area contributed by atoms with Crippen LogP contribution in [-0.4, -0.2) is 30.8 Å². The molecule has 3 heterocycles. The van der Waals surface area contributed by atoms with Gasteiger partial charge in [0.25, 0.3) is 0 Å². The van der Waals surface area contributed by atoms with Crippen molar-refractivity contribution in [3.63, 3.8) is 0 Å². The van der Waals surface area contributed by atoms with E-state index in [1.165, 1.54) is 0 Å². The van der Waals surface area contributed by atoms with E-state index in [0.29, 0.717) is 19.4 Å². The fraction of sp³-hybridized carbons (Fsp3) is 0.333. The highest BCUT2D eigenvalue weighted by molar-refractivity contribution is 5.70. The van der Waals surface area contributed by atoms with Crippen LogP contribution < -0.4 is 0 Å². The van der Waals surface area contributed by atoms with E-state index in [9.17, 15) is 4.79 Å². The molecular formula is C12H12N4O2. The number of pyridine rings is 1. The third kappa shape index (κ3) is 1.75. The van der Waals surface area contributed by atoms with E-state index in [1.54, 1.807) is 12.4 Å². The Morgan fingerprint density at radius 2 is 2.11 bits per heavy atom. The number of aliphatic carboxylic acids is 1. The summed E-state index contributed by atoms with van der Waals surface area (Å²) >= 11 is 0. The van der Waals surface area contributed by atoms with Crippen molar-refractivity contribution in [3.05, 3.63) is 30.4 Å². The summed E-state index contributed by atoms with van der Waals surface area (Å²) in [5.41, 5.74) is 0.912. The van der Waals surface area contributed by atoms with Crippen LogP contribution in [0.5, 0.6) is 0 Å². The van der Waals surface area contributed by atoms with Crippen LogP contribution in [-0.2, 0) is 17.8 Å². The van der Waals surface area contributed by atoms with Gasteiger partial charge in [0.2, 0.25) is 0 Å². The molecule has 1 unspecified atom stereocenters. The summed E-state index contributed by atoms with van der Waals surface area (Å²) in [6.07, 6.45) is 4.67. The Kier molecular flexibility index (Phi) is 2.55. The Morgan fingerprint density at radius 3 is 2.83 bits per heavy atom. The molecule has 0 saturated heterocycles. The molecule has 1 N–H and O–H groups in total. The number of hydrogen-bond donors (Lipinski definition) is 1. The summed E-state index contributed by atoms with van der Waals surface area (Å²) < 4.78 is 1.90. The quantitative estimate of drug-likeness (QED) is 0.851. The maximum absolute atomic E-state index is 11.1. The monoisotopic (exact) mass is 244 g/mol. The van der Waals surface area contributed by atoms with Gasteiger partial charge in [-0.05, 0) is 18.6 Å². The zero-order valence-electron chi connectivity index (χ0n) is 9.65. The fourth-order valence-electron chi connectivity index (χ4n) is 2.24. The van der Waals surface area contributed by atoms with Gasteiger partial charge in [0.15, 0.2) is 5.82 Å². The van der Waals surface area contributed by atoms with Gasteiger partial charge in [-0.25, -0.2) is 0 Å². The number of carbonyl (C=O) groups is 1. The van der Waals surface area contributed by atoms with Gasteiger partial charge in [-0.1, -0.05) is 0 Å². The summed E-state index contributed by atoms with van der Waals surface area (Å²) in [4.78, 5) is 15.0. The largest absolute Gasteiger partial charge is 0.481 e. The first-order valence-corrected chi connectivity index (χ1v) is 5.81. The van der Waals surface area contributed by atoms with E-state index in [2.05, 4.69) is 15.2 Å². The molecule has 0 amide bonds. The summed E-state index contributed by atoms with van der Waals surface area (Å²) in [5.74, 6) is 0.474. The highest BCUT2D eigenvalue weighted by Crippen LogP contribution is 2.25. The predicted octanol–water partition coefficient (Wildman–Crippen LogP) is 0.987. The van der Waals surface area contributed by atoms with E-state index in [0.717, 1.165) is 17.2 Å². The summed E-state index contributed by atoms with van der Waals surface area (Å²) in [6, 6.07) is 3.70. The van der Waals surface area contributed by atoms with E-state index in [4.69, 9.17) is 5.11 Å². The van der Waals surface area contributed by atoms with Crippen LogP contribution in [0.25, 0.3) is 11.4 Å². The van der Waals surface area contributed by atoms with Crippen LogP contribution in [0, 0.1) is 5.92 Å². The van der Waals surface area contributed by atoms with Crippen LogP contribution in [0.2, 0.25) is 0 Å². The fourth-order valence-corrected chi connectivity index (χ4v) is 2.24. The van der Waals surface area contributed by atoms with Crippen molar-refractivity contribution in [2.24, 2.45) is 5.92 Å². The first kappa shape index (κ1) is 10.9. The number of aryl methyl sites for hydroxylation is 1. The van der Waals surface area contributed by atoms with Gasteiger partial charge in [-0.2, -0.15) is 0 Å². The standard InChI is InChI=1S/C12H12N4O2/c17-12(18)9-1-2-10-14-15-11(16(10)7-9)8-3-5-13-6-4-8/h3-6,9H,1-2,7H2,(H,17,18). The van der Waals surface area contributed by atoms with Crippen LogP contribution >= 0.6 is 0 Å². The minimum absolute atomic E-state index is 0.353. The van der Waals surface area contributed by atoms with Gasteiger partial charge in [0.1, 0.15) is 5.82 Å². The van der Waals surface area contributed by atoms with Gasteiger partial charge >= 0.3 is 5.97 Å². The number of aromatic nitrogens is 4. The summed E-state index contributed by atoms with van der Waals surface area (Å²) in [7, 11) is 0. The van der Waals surface area contributed by atoms with E-state index < -0.39 is 5.97 Å². The Balaban J connectivity index is 2.00. The van der Waals surface area contributed by atoms with Crippen molar-refractivity contribution < 1.29 is 9.90 Å². The Bertz CT molecular complexity index is 579. The second-order valence-electron chi connectivity index (χ2n) is 4.36. The molecule has 0 bridgehead atoms. The van der Waals surface area contributed by atoms with Crippen LogP contribution in [0.3, 0.4) is 0 Å². The molecule has 3 rings (SSSR count). The number of carboxylic acids is 1. The molecule has 1 aliphatic rings. The molecule has 0 fully saturated rings. The van der Waals surface area contributed by atoms with Crippen molar-refractivity contribution in [1.29, 1.82) is 0 Å². The van der Waals surface area contributed by atoms with Crippen molar-refractivity contribution in [2.45, 2.75) is 19.4 Å². The normalized spacial score (nSPS) is 18.3. The van der Waals surface area contributed by atoms with Crippen LogP contribution in [0.1, 0.15) is 12.2 Å². The van der Waals surface area contributed by atoms with E-state index in [1.807, 2.05) is 16.7 Å². The number of hydrogen-bond acceptors (Lipinski definition) is 4. The third-order valence-corrected chi connectivity index (χ3v) is 3.23. The average Bonchev–Trinajstić information content (AvgIpc) is 2.82. The average molecular weight is 244 g/mol. The Hall–Kier alpha value is -2.24. The van der Waals surface area contributed by atoms with Gasteiger partial charge in [-0.15, -0.1) is 10.2 Å². The van der Waals surface area contributed by atoms with Gasteiger partial charge in [0.05, 0.1) is 5.92 Å². The molecule has 0 radical (unpaired) electrons. The maximum Gasteiger partial charge on any atom is 0.308 e. The number of fused-ring (bicyclic) bond motifs is 1. The second kappa shape index (κ2) is 4.21. The molecule has 0 saturated carbocycles. The maximum atomic E-state index is 11.1. The molecule has 92 valence electrons. The number of nitrogens with zero attached hydrogens (tertiary/aromatic N) is 4. The molecule has 1 atom stereocenters. The third-order valence-electron chi connectivity index (χ3n) is 3.23. The van der Waals surface area contributed by atoms with E-state index >= 15 is 0 Å². The molecule has 0 aliphatic carbocycles. The van der Waals surface area contributed by atoms with Crippen molar-refractivity contribution in [2.75, 3.05) is 0 Å². The molecule has 2 aromatic heterocycles. The SMILES string of the molecule is O=C(O)C1CCc2nnc(-c3ccncc3)n2C1. The highest BCUT2D eigenvalue weighted by Gasteiger charge is 2.27. The summed E-state index contributed by atoms with van der Waals surface area (Å²) in [5, 5.41) is 17.4. The van der Waals surface area contributed by atoms with Crippen molar-refractivity contribution in [3.8, 4) is 11.4 Å². The number of carboxylic acid groups (broad SMARTS) is 1. The molecular weight excluding hydrogens is 232 g/mol. The molecule has 0 aromatic carbocycles. The van der Waals surface area contributed by atoms with Crippen LogP contribution in [0.4, 0.5) is 0 Å². The molecule has 6 nitrogen and oxygen atoms in total. The van der Waals surface area contributed by atoms with Gasteiger partial charge in [0, 0.05) is 30.9 Å². The zero-order valence-corrected chi connectivity index (χ0v) is 9.65. The lowest BCUT2D eigenvalue weighted by molar-refractivity contribution is -0.142. The minimum Gasteiger partial charge on any atom is -0.481 e. The molecule has 6 heteroatoms. The summed E-state index contributed by atoms with van der Waals surface area (Å²) in [6.45, 7) is 0.440. The molecule has 18 heavy (non-hydrogen) atoms. The Morgan fingerprint density at radius 1 is 1.33 bits per heavy atom. The van der Waals surface area contributed by atoms with Crippen molar-refractivity contribution in [1.82, 2.24) is 19.7 Å². The highest BCUT2D eigenvalue weighted by atomic mass is 16.4. The zero-order chi connectivity index (χ0) is 12.5. The minimum atomic E-state index is -0.755. The predicted molar refractivity (Wildman–Crippen MR) is 62.7 cm³/mol. The van der Waals surface area contributed by atoms with Gasteiger partial charge < -0.3 is 9.67 Å². The Labute approximate surface area is 103 Å². The molecule has 2 aromatic rings. The lowest BCUT2D eigenvalue weighted by Crippen LogP contribution is -2.27. The van der Waals surface area contributed by atoms with Crippen molar-refractivity contribution >= 4 is 5.97 Å². The second-order valence-corrected chi connectivity index (χ2v) is 4.36. The molecule has 1 aliphatic heterocycles. The first-order valence-electron chi connectivity index (χ1n) is 5.81. The smallest absolute Gasteiger partial charge is 0.308 e. The first-order chi connectivity index (χ1) is 8.75. The lowest BCUT2D eigenvalue weighted by Gasteiger charge is -2.20. The lowest BCUT2D eigenvalue weighted by atomic mass is 9.99. The topological polar surface area (TPSA) is 80.9 Å². The van der Waals surface area contributed by atoms with Crippen LogP contribution in [0.15, 0.2) is 24.5 Å². The van der Waals surface area contributed by atoms with Gasteiger partial charge in [-0.3, -0.25) is 9.78 Å². The number of rotatable bonds is 2.